The number of carbonyl (C=O) groups excluding carboxylic acids is 2. The maximum absolute atomic E-state index is 12.6. The SMILES string of the molecule is CCC(CC)C(=O)Nc1ncnn2c([C@]3(C#N)O[C@@H](COC(=O)CC4CCCC4)C[C@H]3O)ccc12. The minimum atomic E-state index is -1.69. The summed E-state index contributed by atoms with van der Waals surface area (Å²) in [5, 5.41) is 28.1. The molecule has 0 unspecified atom stereocenters. The van der Waals surface area contributed by atoms with Gasteiger partial charge in [0.1, 0.15) is 30.6 Å². The Balaban J connectivity index is 1.50. The first-order valence-electron chi connectivity index (χ1n) is 12.5. The van der Waals surface area contributed by atoms with E-state index in [2.05, 4.69) is 21.5 Å². The second-order valence-electron chi connectivity index (χ2n) is 9.50. The molecular formula is C25H33N5O5. The molecule has 3 heterocycles. The van der Waals surface area contributed by atoms with E-state index >= 15 is 0 Å². The van der Waals surface area contributed by atoms with Crippen LogP contribution in [0.15, 0.2) is 18.5 Å². The highest BCUT2D eigenvalue weighted by molar-refractivity contribution is 5.95. The number of hydrogen-bond acceptors (Lipinski definition) is 8. The van der Waals surface area contributed by atoms with Gasteiger partial charge in [0.15, 0.2) is 5.82 Å². The number of fused-ring (bicyclic) bond motifs is 1. The van der Waals surface area contributed by atoms with E-state index in [4.69, 9.17) is 9.47 Å². The molecule has 188 valence electrons. The van der Waals surface area contributed by atoms with Crippen LogP contribution in [0.4, 0.5) is 5.82 Å². The monoisotopic (exact) mass is 483 g/mol. The predicted octanol–water partition coefficient (Wildman–Crippen LogP) is 3.10. The first-order chi connectivity index (χ1) is 16.9. The lowest BCUT2D eigenvalue weighted by Gasteiger charge is -2.24. The standard InChI is InChI=1S/C25H33N5O5/c1-3-17(4-2)24(33)29-23-19-9-10-20(30(19)28-15-27-23)25(14-26)21(31)12-18(35-25)13-34-22(32)11-16-7-5-6-8-16/h9-10,15-18,21,31H,3-8,11-13H2,1-2H3,(H,27,28,29,33)/t18-,21-,25+/m1/s1. The Morgan fingerprint density at radius 2 is 2.09 bits per heavy atom. The van der Waals surface area contributed by atoms with Gasteiger partial charge in [-0.25, -0.2) is 9.50 Å². The average molecular weight is 484 g/mol. The average Bonchev–Trinajstić information content (AvgIpc) is 3.58. The van der Waals surface area contributed by atoms with Gasteiger partial charge in [-0.05, 0) is 43.7 Å². The fraction of sp³-hybridized carbons (Fsp3) is 0.640. The van der Waals surface area contributed by atoms with Crippen molar-refractivity contribution in [2.45, 2.75) is 83.0 Å². The summed E-state index contributed by atoms with van der Waals surface area (Å²) in [4.78, 5) is 29.0. The Morgan fingerprint density at radius 1 is 1.34 bits per heavy atom. The number of rotatable bonds is 9. The van der Waals surface area contributed by atoms with Crippen LogP contribution in [0.3, 0.4) is 0 Å². The van der Waals surface area contributed by atoms with E-state index in [0.717, 1.165) is 25.7 Å². The maximum atomic E-state index is 12.6. The van der Waals surface area contributed by atoms with E-state index in [9.17, 15) is 20.0 Å². The molecule has 2 aromatic heterocycles. The summed E-state index contributed by atoms with van der Waals surface area (Å²) in [6.07, 6.45) is 5.86. The second kappa shape index (κ2) is 10.7. The van der Waals surface area contributed by atoms with E-state index in [1.54, 1.807) is 12.1 Å². The molecule has 2 fully saturated rings. The molecule has 0 bridgehead atoms. The number of esters is 1. The minimum Gasteiger partial charge on any atom is -0.463 e. The number of hydrogen-bond donors (Lipinski definition) is 2. The Labute approximate surface area is 204 Å². The molecule has 4 rings (SSSR count). The van der Waals surface area contributed by atoms with Crippen LogP contribution in [-0.2, 0) is 24.7 Å². The third kappa shape index (κ3) is 5.02. The molecular weight excluding hydrogens is 450 g/mol. The predicted molar refractivity (Wildman–Crippen MR) is 126 cm³/mol. The molecule has 3 atom stereocenters. The number of amides is 1. The first kappa shape index (κ1) is 25.1. The van der Waals surface area contributed by atoms with Crippen LogP contribution in [0.2, 0.25) is 0 Å². The summed E-state index contributed by atoms with van der Waals surface area (Å²) >= 11 is 0. The van der Waals surface area contributed by atoms with Crippen molar-refractivity contribution in [3.63, 3.8) is 0 Å². The highest BCUT2D eigenvalue weighted by Crippen LogP contribution is 2.40. The van der Waals surface area contributed by atoms with Gasteiger partial charge in [-0.2, -0.15) is 10.4 Å². The lowest BCUT2D eigenvalue weighted by atomic mass is 9.94. The lowest BCUT2D eigenvalue weighted by molar-refractivity contribution is -0.150. The molecule has 1 aliphatic heterocycles. The molecule has 1 amide bonds. The Bertz CT molecular complexity index is 1100. The summed E-state index contributed by atoms with van der Waals surface area (Å²) in [5.41, 5.74) is -0.888. The van der Waals surface area contributed by atoms with Gasteiger partial charge in [-0.3, -0.25) is 9.59 Å². The molecule has 1 saturated heterocycles. The van der Waals surface area contributed by atoms with E-state index in [1.807, 2.05) is 13.8 Å². The highest BCUT2D eigenvalue weighted by atomic mass is 16.6. The summed E-state index contributed by atoms with van der Waals surface area (Å²) in [7, 11) is 0. The molecule has 35 heavy (non-hydrogen) atoms. The van der Waals surface area contributed by atoms with Gasteiger partial charge in [0.25, 0.3) is 0 Å². The van der Waals surface area contributed by atoms with Crippen molar-refractivity contribution in [3.05, 3.63) is 24.2 Å². The number of carbonyl (C=O) groups is 2. The zero-order valence-corrected chi connectivity index (χ0v) is 20.3. The number of aromatic nitrogens is 3. The van der Waals surface area contributed by atoms with Gasteiger partial charge in [0.2, 0.25) is 11.5 Å². The van der Waals surface area contributed by atoms with Crippen LogP contribution in [0.1, 0.15) is 70.9 Å². The van der Waals surface area contributed by atoms with Crippen LogP contribution in [0.5, 0.6) is 0 Å². The third-order valence-corrected chi connectivity index (χ3v) is 7.26. The molecule has 10 nitrogen and oxygen atoms in total. The number of ether oxygens (including phenoxy) is 2. The van der Waals surface area contributed by atoms with Crippen molar-refractivity contribution in [2.24, 2.45) is 11.8 Å². The minimum absolute atomic E-state index is 0.0267. The van der Waals surface area contributed by atoms with Crippen molar-refractivity contribution in [2.75, 3.05) is 11.9 Å². The van der Waals surface area contributed by atoms with E-state index < -0.39 is 17.8 Å². The van der Waals surface area contributed by atoms with Crippen molar-refractivity contribution < 1.29 is 24.2 Å². The third-order valence-electron chi connectivity index (χ3n) is 7.26. The molecule has 2 N–H and O–H groups in total. The van der Waals surface area contributed by atoms with E-state index in [-0.39, 0.29) is 30.8 Å². The van der Waals surface area contributed by atoms with Crippen molar-refractivity contribution in [1.29, 1.82) is 5.26 Å². The number of aliphatic hydroxyl groups is 1. The Kier molecular flexibility index (Phi) is 7.67. The molecule has 0 spiro atoms. The lowest BCUT2D eigenvalue weighted by Crippen LogP contribution is -2.36. The smallest absolute Gasteiger partial charge is 0.306 e. The van der Waals surface area contributed by atoms with Gasteiger partial charge < -0.3 is 19.9 Å². The normalized spacial score (nSPS) is 24.7. The molecule has 0 radical (unpaired) electrons. The highest BCUT2D eigenvalue weighted by Gasteiger charge is 2.52. The van der Waals surface area contributed by atoms with Gasteiger partial charge in [0.05, 0.1) is 11.8 Å². The summed E-state index contributed by atoms with van der Waals surface area (Å²) in [6.45, 7) is 3.88. The van der Waals surface area contributed by atoms with Crippen molar-refractivity contribution in [3.8, 4) is 6.07 Å². The number of nitrogens with one attached hydrogen (secondary N) is 1. The molecule has 2 aromatic rings. The zero-order valence-electron chi connectivity index (χ0n) is 20.3. The van der Waals surface area contributed by atoms with Gasteiger partial charge in [-0.15, -0.1) is 0 Å². The van der Waals surface area contributed by atoms with Crippen LogP contribution >= 0.6 is 0 Å². The second-order valence-corrected chi connectivity index (χ2v) is 9.50. The van der Waals surface area contributed by atoms with Crippen molar-refractivity contribution in [1.82, 2.24) is 14.6 Å². The van der Waals surface area contributed by atoms with Crippen LogP contribution < -0.4 is 5.32 Å². The van der Waals surface area contributed by atoms with Crippen LogP contribution in [0.25, 0.3) is 5.52 Å². The summed E-state index contributed by atoms with van der Waals surface area (Å²) in [5.74, 6) is 0.151. The number of aliphatic hydroxyl groups excluding tert-OH is 1. The fourth-order valence-electron chi connectivity index (χ4n) is 5.18. The zero-order chi connectivity index (χ0) is 25.0. The van der Waals surface area contributed by atoms with E-state index in [1.165, 1.54) is 10.8 Å². The summed E-state index contributed by atoms with van der Waals surface area (Å²) in [6, 6.07) is 5.43. The van der Waals surface area contributed by atoms with E-state index in [0.29, 0.717) is 42.2 Å². The Morgan fingerprint density at radius 3 is 2.77 bits per heavy atom. The molecule has 0 aromatic carbocycles. The largest absolute Gasteiger partial charge is 0.463 e. The van der Waals surface area contributed by atoms with Crippen LogP contribution in [0, 0.1) is 23.2 Å². The maximum Gasteiger partial charge on any atom is 0.306 e. The van der Waals surface area contributed by atoms with Gasteiger partial charge in [-0.1, -0.05) is 26.7 Å². The topological polar surface area (TPSA) is 139 Å². The van der Waals surface area contributed by atoms with Gasteiger partial charge >= 0.3 is 5.97 Å². The van der Waals surface area contributed by atoms with Gasteiger partial charge in [0, 0.05) is 18.8 Å². The summed E-state index contributed by atoms with van der Waals surface area (Å²) < 4.78 is 12.9. The Hall–Kier alpha value is -3.03. The number of nitriles is 1. The molecule has 1 aliphatic carbocycles. The fourth-order valence-corrected chi connectivity index (χ4v) is 5.18. The first-order valence-corrected chi connectivity index (χ1v) is 12.5. The quantitative estimate of drug-likeness (QED) is 0.519. The molecule has 10 heteroatoms. The molecule has 1 saturated carbocycles. The molecule has 2 aliphatic rings. The van der Waals surface area contributed by atoms with Crippen LogP contribution in [-0.4, -0.2) is 50.4 Å². The van der Waals surface area contributed by atoms with Crippen molar-refractivity contribution >= 4 is 23.2 Å². The number of nitrogens with zero attached hydrogens (tertiary/aromatic N) is 4. The number of anilines is 1.